The van der Waals surface area contributed by atoms with Crippen LogP contribution in [0.25, 0.3) is 0 Å². The zero-order chi connectivity index (χ0) is 12.1. The van der Waals surface area contributed by atoms with Crippen LogP contribution in [0.15, 0.2) is 18.2 Å². The molecule has 0 bridgehead atoms. The highest BCUT2D eigenvalue weighted by Gasteiger charge is 2.13. The molecule has 1 aromatic rings. The Kier molecular flexibility index (Phi) is 3.88. The van der Waals surface area contributed by atoms with Gasteiger partial charge in [0.2, 0.25) is 0 Å². The fraction of sp³-hybridized carbons (Fsp3) is 0.273. The van der Waals surface area contributed by atoms with Gasteiger partial charge in [-0.05, 0) is 24.6 Å². The Hall–Kier alpha value is -2.04. The number of methoxy groups -OCH3 is 1. The van der Waals surface area contributed by atoms with Crippen LogP contribution in [0.5, 0.6) is 5.75 Å². The van der Waals surface area contributed by atoms with Gasteiger partial charge in [0, 0.05) is 0 Å². The van der Waals surface area contributed by atoms with Gasteiger partial charge in [0.05, 0.1) is 7.11 Å². The van der Waals surface area contributed by atoms with Crippen molar-refractivity contribution >= 4 is 11.8 Å². The number of rotatable bonds is 4. The minimum atomic E-state index is -0.474. The molecule has 0 radical (unpaired) electrons. The van der Waals surface area contributed by atoms with Gasteiger partial charge in [-0.15, -0.1) is 0 Å². The Bertz CT molecular complexity index is 416. The van der Waals surface area contributed by atoms with Crippen molar-refractivity contribution in [2.45, 2.75) is 6.92 Å². The van der Waals surface area contributed by atoms with E-state index in [4.69, 9.17) is 15.9 Å². The SMILES string of the molecule is COC(=O)c1ccc(C)cc1OCC(=N)N. The van der Waals surface area contributed by atoms with Crippen LogP contribution in [0.3, 0.4) is 0 Å². The molecule has 0 aliphatic carbocycles. The quantitative estimate of drug-likeness (QED) is 0.453. The van der Waals surface area contributed by atoms with Crippen molar-refractivity contribution in [3.05, 3.63) is 29.3 Å². The van der Waals surface area contributed by atoms with E-state index in [-0.39, 0.29) is 12.4 Å². The third kappa shape index (κ3) is 2.98. The topological polar surface area (TPSA) is 85.4 Å². The molecular weight excluding hydrogens is 208 g/mol. The van der Waals surface area contributed by atoms with Crippen molar-refractivity contribution in [3.63, 3.8) is 0 Å². The van der Waals surface area contributed by atoms with Gasteiger partial charge in [0.1, 0.15) is 23.8 Å². The van der Waals surface area contributed by atoms with E-state index in [1.807, 2.05) is 6.92 Å². The fourth-order valence-corrected chi connectivity index (χ4v) is 1.18. The molecule has 0 fully saturated rings. The first-order valence-corrected chi connectivity index (χ1v) is 4.69. The van der Waals surface area contributed by atoms with E-state index < -0.39 is 5.97 Å². The molecule has 86 valence electrons. The molecule has 16 heavy (non-hydrogen) atoms. The largest absolute Gasteiger partial charge is 0.485 e. The molecule has 5 nitrogen and oxygen atoms in total. The molecule has 3 N–H and O–H groups in total. The monoisotopic (exact) mass is 222 g/mol. The normalized spacial score (nSPS) is 9.62. The number of hydrogen-bond donors (Lipinski definition) is 2. The Balaban J connectivity index is 2.98. The second kappa shape index (κ2) is 5.16. The maximum atomic E-state index is 11.4. The van der Waals surface area contributed by atoms with Gasteiger partial charge in [0.15, 0.2) is 0 Å². The molecule has 0 saturated carbocycles. The van der Waals surface area contributed by atoms with Crippen molar-refractivity contribution in [1.29, 1.82) is 5.41 Å². The Morgan fingerprint density at radius 1 is 1.50 bits per heavy atom. The molecule has 5 heteroatoms. The zero-order valence-electron chi connectivity index (χ0n) is 9.24. The van der Waals surface area contributed by atoms with Crippen LogP contribution >= 0.6 is 0 Å². The molecule has 0 unspecified atom stereocenters. The molecule has 0 aromatic heterocycles. The Morgan fingerprint density at radius 2 is 2.19 bits per heavy atom. The van der Waals surface area contributed by atoms with Crippen LogP contribution in [0.4, 0.5) is 0 Å². The van der Waals surface area contributed by atoms with E-state index in [1.165, 1.54) is 7.11 Å². The number of ether oxygens (including phenoxy) is 2. The van der Waals surface area contributed by atoms with Gasteiger partial charge in [-0.25, -0.2) is 4.79 Å². The predicted octanol–water partition coefficient (Wildman–Crippen LogP) is 1.10. The third-order valence-electron chi connectivity index (χ3n) is 1.93. The summed E-state index contributed by atoms with van der Waals surface area (Å²) in [5.74, 6) is -0.196. The average molecular weight is 222 g/mol. The van der Waals surface area contributed by atoms with Crippen LogP contribution < -0.4 is 10.5 Å². The lowest BCUT2D eigenvalue weighted by Crippen LogP contribution is -2.20. The first-order chi connectivity index (χ1) is 7.54. The van der Waals surface area contributed by atoms with Crippen molar-refractivity contribution < 1.29 is 14.3 Å². The maximum absolute atomic E-state index is 11.4. The first-order valence-electron chi connectivity index (χ1n) is 4.69. The highest BCUT2D eigenvalue weighted by Crippen LogP contribution is 2.21. The Labute approximate surface area is 93.7 Å². The number of benzene rings is 1. The molecular formula is C11H14N2O3. The highest BCUT2D eigenvalue weighted by atomic mass is 16.5. The lowest BCUT2D eigenvalue weighted by atomic mass is 10.1. The molecule has 0 atom stereocenters. The summed E-state index contributed by atoms with van der Waals surface area (Å²) in [5.41, 5.74) is 6.46. The number of aryl methyl sites for hydroxylation is 1. The minimum absolute atomic E-state index is 0.0482. The summed E-state index contributed by atoms with van der Waals surface area (Å²) in [7, 11) is 1.30. The van der Waals surface area contributed by atoms with Gasteiger partial charge in [-0.3, -0.25) is 5.41 Å². The van der Waals surface area contributed by atoms with Crippen LogP contribution in [0.1, 0.15) is 15.9 Å². The summed E-state index contributed by atoms with van der Waals surface area (Å²) >= 11 is 0. The van der Waals surface area contributed by atoms with Gasteiger partial charge >= 0.3 is 5.97 Å². The number of carbonyl (C=O) groups is 1. The van der Waals surface area contributed by atoms with Crippen molar-refractivity contribution in [2.75, 3.05) is 13.7 Å². The minimum Gasteiger partial charge on any atom is -0.485 e. The van der Waals surface area contributed by atoms with Gasteiger partial charge < -0.3 is 15.2 Å². The molecule has 0 saturated heterocycles. The number of amidine groups is 1. The Morgan fingerprint density at radius 3 is 2.75 bits per heavy atom. The van der Waals surface area contributed by atoms with Gasteiger partial charge in [-0.1, -0.05) is 6.07 Å². The molecule has 0 spiro atoms. The first kappa shape index (κ1) is 12.0. The summed E-state index contributed by atoms with van der Waals surface area (Å²) < 4.78 is 9.87. The van der Waals surface area contributed by atoms with Crippen molar-refractivity contribution in [3.8, 4) is 5.75 Å². The van der Waals surface area contributed by atoms with E-state index >= 15 is 0 Å². The lowest BCUT2D eigenvalue weighted by molar-refractivity contribution is 0.0596. The standard InChI is InChI=1S/C11H14N2O3/c1-7-3-4-8(11(14)15-2)9(5-7)16-6-10(12)13/h3-5H,6H2,1-2H3,(H3,12,13). The van der Waals surface area contributed by atoms with Gasteiger partial charge in [0.25, 0.3) is 0 Å². The summed E-state index contributed by atoms with van der Waals surface area (Å²) in [6.45, 7) is 1.83. The van der Waals surface area contributed by atoms with Crippen LogP contribution in [0, 0.1) is 12.3 Å². The molecule has 0 heterocycles. The van der Waals surface area contributed by atoms with E-state index in [2.05, 4.69) is 4.74 Å². The van der Waals surface area contributed by atoms with E-state index in [9.17, 15) is 4.79 Å². The number of nitrogens with one attached hydrogen (secondary N) is 1. The number of carbonyl (C=O) groups excluding carboxylic acids is 1. The predicted molar refractivity (Wildman–Crippen MR) is 59.9 cm³/mol. The second-order valence-electron chi connectivity index (χ2n) is 3.31. The number of nitrogens with two attached hydrogens (primary N) is 1. The lowest BCUT2D eigenvalue weighted by Gasteiger charge is -2.10. The number of esters is 1. The zero-order valence-corrected chi connectivity index (χ0v) is 9.24. The summed E-state index contributed by atoms with van der Waals surface area (Å²) in [5, 5.41) is 7.06. The molecule has 1 rings (SSSR count). The molecule has 0 amide bonds. The third-order valence-corrected chi connectivity index (χ3v) is 1.93. The summed E-state index contributed by atoms with van der Waals surface area (Å²) in [4.78, 5) is 11.4. The summed E-state index contributed by atoms with van der Waals surface area (Å²) in [6, 6.07) is 5.11. The smallest absolute Gasteiger partial charge is 0.341 e. The van der Waals surface area contributed by atoms with E-state index in [0.717, 1.165) is 5.56 Å². The molecule has 1 aromatic carbocycles. The fourth-order valence-electron chi connectivity index (χ4n) is 1.18. The molecule has 0 aliphatic rings. The van der Waals surface area contributed by atoms with E-state index in [0.29, 0.717) is 11.3 Å². The van der Waals surface area contributed by atoms with Crippen LogP contribution in [-0.4, -0.2) is 25.5 Å². The summed E-state index contributed by atoms with van der Waals surface area (Å²) in [6.07, 6.45) is 0. The maximum Gasteiger partial charge on any atom is 0.341 e. The van der Waals surface area contributed by atoms with Gasteiger partial charge in [-0.2, -0.15) is 0 Å². The average Bonchev–Trinajstić information content (AvgIpc) is 2.25. The molecule has 0 aliphatic heterocycles. The highest BCUT2D eigenvalue weighted by molar-refractivity contribution is 5.92. The van der Waals surface area contributed by atoms with Crippen molar-refractivity contribution in [1.82, 2.24) is 0 Å². The van der Waals surface area contributed by atoms with E-state index in [1.54, 1.807) is 18.2 Å². The van der Waals surface area contributed by atoms with Crippen molar-refractivity contribution in [2.24, 2.45) is 5.73 Å². The second-order valence-corrected chi connectivity index (χ2v) is 3.31. The number of hydrogen-bond acceptors (Lipinski definition) is 4. The van der Waals surface area contributed by atoms with Crippen LogP contribution in [0.2, 0.25) is 0 Å². The van der Waals surface area contributed by atoms with Crippen LogP contribution in [-0.2, 0) is 4.74 Å².